The van der Waals surface area contributed by atoms with E-state index < -0.39 is 18.0 Å². The highest BCUT2D eigenvalue weighted by Crippen LogP contribution is 2.23. The molecule has 132 valence electrons. The van der Waals surface area contributed by atoms with Crippen molar-refractivity contribution in [1.82, 2.24) is 0 Å². The molecule has 0 aliphatic rings. The topological polar surface area (TPSA) is 87.9 Å². The Morgan fingerprint density at radius 1 is 1.12 bits per heavy atom. The number of amides is 1. The van der Waals surface area contributed by atoms with Gasteiger partial charge in [0.05, 0.1) is 19.3 Å². The smallest absolute Gasteiger partial charge is 0.339 e. The summed E-state index contributed by atoms with van der Waals surface area (Å²) in [5, 5.41) is 0. The Hall–Kier alpha value is -2.86. The number of benzene rings is 2. The maximum Gasteiger partial charge on any atom is 0.339 e. The third-order valence-corrected chi connectivity index (χ3v) is 3.56. The van der Waals surface area contributed by atoms with Gasteiger partial charge in [-0.2, -0.15) is 0 Å². The third kappa shape index (κ3) is 4.81. The van der Waals surface area contributed by atoms with Crippen LogP contribution < -0.4 is 10.5 Å². The molecule has 0 saturated heterocycles. The molecule has 2 rings (SSSR count). The Morgan fingerprint density at radius 2 is 1.84 bits per heavy atom. The molecule has 0 saturated carbocycles. The van der Waals surface area contributed by atoms with Gasteiger partial charge < -0.3 is 19.9 Å². The van der Waals surface area contributed by atoms with E-state index in [0.29, 0.717) is 30.1 Å². The first-order valence-corrected chi connectivity index (χ1v) is 7.86. The van der Waals surface area contributed by atoms with Crippen molar-refractivity contribution >= 4 is 11.9 Å². The van der Waals surface area contributed by atoms with Gasteiger partial charge in [-0.3, -0.25) is 4.79 Å². The van der Waals surface area contributed by atoms with Crippen molar-refractivity contribution in [2.24, 2.45) is 5.73 Å². The Labute approximate surface area is 146 Å². The number of hydrogen-bond donors (Lipinski definition) is 1. The molecule has 0 spiro atoms. The molecule has 1 atom stereocenters. The summed E-state index contributed by atoms with van der Waals surface area (Å²) in [6, 6.07) is 13.5. The van der Waals surface area contributed by atoms with Gasteiger partial charge in [0.15, 0.2) is 0 Å². The SMILES string of the molecule is CCOCc1cc(C(=O)O[C@@H](C(N)=O)c2ccccc2)ccc1OC. The summed E-state index contributed by atoms with van der Waals surface area (Å²) in [5.41, 5.74) is 6.91. The van der Waals surface area contributed by atoms with Crippen LogP contribution in [0.15, 0.2) is 48.5 Å². The molecule has 0 aliphatic heterocycles. The molecule has 2 N–H and O–H groups in total. The predicted molar refractivity (Wildman–Crippen MR) is 92.1 cm³/mol. The quantitative estimate of drug-likeness (QED) is 0.744. The molecule has 1 amide bonds. The maximum absolute atomic E-state index is 12.4. The van der Waals surface area contributed by atoms with Crippen LogP contribution in [0.1, 0.15) is 34.5 Å². The van der Waals surface area contributed by atoms with Gasteiger partial charge in [-0.1, -0.05) is 30.3 Å². The van der Waals surface area contributed by atoms with Crippen LogP contribution in [-0.2, 0) is 20.9 Å². The number of hydrogen-bond acceptors (Lipinski definition) is 5. The summed E-state index contributed by atoms with van der Waals surface area (Å²) in [5.74, 6) is -0.768. The lowest BCUT2D eigenvalue weighted by Gasteiger charge is -2.16. The summed E-state index contributed by atoms with van der Waals surface area (Å²) >= 11 is 0. The number of methoxy groups -OCH3 is 1. The fourth-order valence-corrected chi connectivity index (χ4v) is 2.32. The minimum Gasteiger partial charge on any atom is -0.496 e. The molecule has 0 radical (unpaired) electrons. The normalized spacial score (nSPS) is 11.6. The molecule has 0 aromatic heterocycles. The molecular weight excluding hydrogens is 322 g/mol. The van der Waals surface area contributed by atoms with E-state index in [1.807, 2.05) is 6.92 Å². The van der Waals surface area contributed by atoms with Gasteiger partial charge in [0.2, 0.25) is 6.10 Å². The standard InChI is InChI=1S/C19H21NO5/c1-3-24-12-15-11-14(9-10-16(15)23-2)19(22)25-17(18(20)21)13-7-5-4-6-8-13/h4-11,17H,3,12H2,1-2H3,(H2,20,21)/t17-/m1/s1. The molecule has 2 aromatic rings. The molecule has 6 heteroatoms. The van der Waals surface area contributed by atoms with Gasteiger partial charge in [-0.15, -0.1) is 0 Å². The van der Waals surface area contributed by atoms with Crippen LogP contribution in [0.2, 0.25) is 0 Å². The number of esters is 1. The highest BCUT2D eigenvalue weighted by molar-refractivity contribution is 5.92. The first-order chi connectivity index (χ1) is 12.1. The highest BCUT2D eigenvalue weighted by Gasteiger charge is 2.23. The van der Waals surface area contributed by atoms with Crippen LogP contribution >= 0.6 is 0 Å². The average molecular weight is 343 g/mol. The van der Waals surface area contributed by atoms with Gasteiger partial charge in [-0.25, -0.2) is 4.79 Å². The van der Waals surface area contributed by atoms with Gasteiger partial charge in [0, 0.05) is 17.7 Å². The molecular formula is C19H21NO5. The minimum absolute atomic E-state index is 0.290. The van der Waals surface area contributed by atoms with Crippen LogP contribution in [0.4, 0.5) is 0 Å². The first kappa shape index (κ1) is 18.5. The Kier molecular flexibility index (Phi) is 6.54. The van der Waals surface area contributed by atoms with E-state index in [1.54, 1.807) is 55.6 Å². The van der Waals surface area contributed by atoms with Crippen molar-refractivity contribution in [2.45, 2.75) is 19.6 Å². The van der Waals surface area contributed by atoms with Crippen molar-refractivity contribution in [3.8, 4) is 5.75 Å². The molecule has 0 aliphatic carbocycles. The summed E-state index contributed by atoms with van der Waals surface area (Å²) in [4.78, 5) is 24.1. The lowest BCUT2D eigenvalue weighted by atomic mass is 10.1. The summed E-state index contributed by atoms with van der Waals surface area (Å²) in [7, 11) is 1.54. The van der Waals surface area contributed by atoms with Crippen molar-refractivity contribution in [3.05, 3.63) is 65.2 Å². The number of primary amides is 1. The Balaban J connectivity index is 2.22. The van der Waals surface area contributed by atoms with E-state index in [9.17, 15) is 9.59 Å². The van der Waals surface area contributed by atoms with Crippen molar-refractivity contribution < 1.29 is 23.8 Å². The zero-order chi connectivity index (χ0) is 18.2. The fourth-order valence-electron chi connectivity index (χ4n) is 2.32. The third-order valence-electron chi connectivity index (χ3n) is 3.56. The van der Waals surface area contributed by atoms with E-state index >= 15 is 0 Å². The summed E-state index contributed by atoms with van der Waals surface area (Å²) in [6.07, 6.45) is -1.15. The monoisotopic (exact) mass is 343 g/mol. The van der Waals surface area contributed by atoms with Gasteiger partial charge in [0.25, 0.3) is 5.91 Å². The molecule has 6 nitrogen and oxygen atoms in total. The van der Waals surface area contributed by atoms with Gasteiger partial charge in [0.1, 0.15) is 5.75 Å². The Morgan fingerprint density at radius 3 is 2.44 bits per heavy atom. The van der Waals surface area contributed by atoms with Crippen molar-refractivity contribution in [2.75, 3.05) is 13.7 Å². The van der Waals surface area contributed by atoms with E-state index in [0.717, 1.165) is 0 Å². The Bertz CT molecular complexity index is 730. The van der Waals surface area contributed by atoms with Crippen molar-refractivity contribution in [1.29, 1.82) is 0 Å². The zero-order valence-electron chi connectivity index (χ0n) is 14.2. The molecule has 0 heterocycles. The summed E-state index contributed by atoms with van der Waals surface area (Å²) in [6.45, 7) is 2.72. The van der Waals surface area contributed by atoms with Crippen molar-refractivity contribution in [3.63, 3.8) is 0 Å². The van der Waals surface area contributed by atoms with Crippen LogP contribution in [-0.4, -0.2) is 25.6 Å². The number of ether oxygens (including phenoxy) is 3. The largest absolute Gasteiger partial charge is 0.496 e. The second-order valence-corrected chi connectivity index (χ2v) is 5.26. The number of carbonyl (C=O) groups is 2. The van der Waals surface area contributed by atoms with Crippen LogP contribution in [0, 0.1) is 0 Å². The summed E-state index contributed by atoms with van der Waals surface area (Å²) < 4.78 is 16.0. The fraction of sp³-hybridized carbons (Fsp3) is 0.263. The van der Waals surface area contributed by atoms with Crippen LogP contribution in [0.5, 0.6) is 5.75 Å². The van der Waals surface area contributed by atoms with E-state index in [4.69, 9.17) is 19.9 Å². The number of carbonyl (C=O) groups excluding carboxylic acids is 2. The first-order valence-electron chi connectivity index (χ1n) is 7.86. The lowest BCUT2D eigenvalue weighted by Crippen LogP contribution is -2.26. The van der Waals surface area contributed by atoms with Crippen LogP contribution in [0.3, 0.4) is 0 Å². The predicted octanol–water partition coefficient (Wildman–Crippen LogP) is 2.62. The molecule has 0 fully saturated rings. The van der Waals surface area contributed by atoms with E-state index in [1.165, 1.54) is 0 Å². The zero-order valence-corrected chi connectivity index (χ0v) is 14.2. The van der Waals surface area contributed by atoms with Gasteiger partial charge >= 0.3 is 5.97 Å². The minimum atomic E-state index is -1.15. The number of rotatable bonds is 8. The second kappa shape index (κ2) is 8.84. The molecule has 25 heavy (non-hydrogen) atoms. The average Bonchev–Trinajstić information content (AvgIpc) is 2.64. The molecule has 2 aromatic carbocycles. The van der Waals surface area contributed by atoms with E-state index in [-0.39, 0.29) is 5.56 Å². The van der Waals surface area contributed by atoms with Crippen LogP contribution in [0.25, 0.3) is 0 Å². The van der Waals surface area contributed by atoms with E-state index in [2.05, 4.69) is 0 Å². The lowest BCUT2D eigenvalue weighted by molar-refractivity contribution is -0.127. The number of nitrogens with two attached hydrogens (primary N) is 1. The second-order valence-electron chi connectivity index (χ2n) is 5.26. The molecule has 0 unspecified atom stereocenters. The highest BCUT2D eigenvalue weighted by atomic mass is 16.5. The molecule has 0 bridgehead atoms. The van der Waals surface area contributed by atoms with Gasteiger partial charge in [-0.05, 0) is 25.1 Å². The maximum atomic E-state index is 12.4.